The highest BCUT2D eigenvalue weighted by molar-refractivity contribution is 6.30. The summed E-state index contributed by atoms with van der Waals surface area (Å²) in [5, 5.41) is 0. The van der Waals surface area contributed by atoms with Crippen LogP contribution in [0.5, 0.6) is 0 Å². The second-order valence-electron chi connectivity index (χ2n) is 2.47. The number of carbonyl (C=O) groups excluding carboxylic acids is 2. The molecule has 0 saturated carbocycles. The lowest BCUT2D eigenvalue weighted by Gasteiger charge is -2.14. The van der Waals surface area contributed by atoms with Gasteiger partial charge in [0.2, 0.25) is 6.29 Å². The molecule has 1 rings (SSSR count). The van der Waals surface area contributed by atoms with Crippen LogP contribution in [0.3, 0.4) is 0 Å². The number of anilines is 1. The molecule has 0 aliphatic rings. The monoisotopic (exact) mass is 181 g/mol. The maximum Gasteiger partial charge on any atom is 0.290 e. The van der Waals surface area contributed by atoms with E-state index >= 15 is 0 Å². The number of halogens is 1. The van der Waals surface area contributed by atoms with Crippen molar-refractivity contribution in [2.45, 2.75) is 0 Å². The Morgan fingerprint density at radius 1 is 1.46 bits per heavy atom. The number of carbonyl (C=O) groups is 2. The second-order valence-corrected chi connectivity index (χ2v) is 2.47. The van der Waals surface area contributed by atoms with Gasteiger partial charge in [-0.1, -0.05) is 12.1 Å². The normalized spacial score (nSPS) is 9.38. The molecule has 0 aliphatic carbocycles. The van der Waals surface area contributed by atoms with Gasteiger partial charge in [0.05, 0.1) is 5.69 Å². The molecule has 0 aromatic heterocycles. The maximum absolute atomic E-state index is 13.0. The molecule has 1 aromatic carbocycles. The first-order valence-corrected chi connectivity index (χ1v) is 3.64. The van der Waals surface area contributed by atoms with E-state index in [2.05, 4.69) is 0 Å². The molecule has 3 nitrogen and oxygen atoms in total. The predicted molar refractivity (Wildman–Crippen MR) is 45.9 cm³/mol. The van der Waals surface area contributed by atoms with Crippen molar-refractivity contribution in [3.05, 3.63) is 30.1 Å². The minimum atomic E-state index is -0.773. The van der Waals surface area contributed by atoms with Gasteiger partial charge in [-0.15, -0.1) is 0 Å². The Labute approximate surface area is 74.8 Å². The molecular weight excluding hydrogens is 173 g/mol. The third kappa shape index (κ3) is 1.90. The number of hydrogen-bond donors (Lipinski definition) is 0. The molecule has 0 bridgehead atoms. The SMILES string of the molecule is CN(C(=O)C=O)c1ccccc1F. The Morgan fingerprint density at radius 2 is 2.08 bits per heavy atom. The van der Waals surface area contributed by atoms with Gasteiger partial charge in [-0.05, 0) is 12.1 Å². The minimum absolute atomic E-state index is 0.0969. The Morgan fingerprint density at radius 3 is 2.62 bits per heavy atom. The van der Waals surface area contributed by atoms with Crippen molar-refractivity contribution in [3.63, 3.8) is 0 Å². The highest BCUT2D eigenvalue weighted by Crippen LogP contribution is 2.16. The minimum Gasteiger partial charge on any atom is -0.306 e. The van der Waals surface area contributed by atoms with Crippen molar-refractivity contribution >= 4 is 17.9 Å². The van der Waals surface area contributed by atoms with Crippen LogP contribution in [-0.2, 0) is 9.59 Å². The molecular formula is C9H8FNO2. The number of likely N-dealkylation sites (N-methyl/N-ethyl adjacent to an activating group) is 1. The largest absolute Gasteiger partial charge is 0.306 e. The van der Waals surface area contributed by atoms with Crippen LogP contribution in [0.15, 0.2) is 24.3 Å². The van der Waals surface area contributed by atoms with E-state index in [1.54, 1.807) is 6.07 Å². The quantitative estimate of drug-likeness (QED) is 0.504. The zero-order chi connectivity index (χ0) is 9.84. The van der Waals surface area contributed by atoms with Crippen molar-refractivity contribution in [3.8, 4) is 0 Å². The lowest BCUT2D eigenvalue weighted by Crippen LogP contribution is -2.27. The number of aldehydes is 1. The molecule has 0 atom stereocenters. The summed E-state index contributed by atoms with van der Waals surface area (Å²) in [6.07, 6.45) is 0.145. The molecule has 0 spiro atoms. The molecule has 13 heavy (non-hydrogen) atoms. The Bertz CT molecular complexity index is 338. The van der Waals surface area contributed by atoms with Crippen LogP contribution >= 0.6 is 0 Å². The molecule has 4 heteroatoms. The Balaban J connectivity index is 3.01. The molecule has 68 valence electrons. The van der Waals surface area contributed by atoms with Gasteiger partial charge >= 0.3 is 0 Å². The second kappa shape index (κ2) is 3.80. The number of para-hydroxylation sites is 1. The van der Waals surface area contributed by atoms with E-state index in [9.17, 15) is 14.0 Å². The third-order valence-electron chi connectivity index (χ3n) is 1.65. The van der Waals surface area contributed by atoms with Gasteiger partial charge in [0.25, 0.3) is 5.91 Å². The molecule has 0 N–H and O–H groups in total. The van der Waals surface area contributed by atoms with E-state index in [4.69, 9.17) is 0 Å². The summed E-state index contributed by atoms with van der Waals surface area (Å²) in [7, 11) is 1.34. The number of hydrogen-bond acceptors (Lipinski definition) is 2. The van der Waals surface area contributed by atoms with Crippen molar-refractivity contribution in [2.24, 2.45) is 0 Å². The van der Waals surface area contributed by atoms with Crippen molar-refractivity contribution in [2.75, 3.05) is 11.9 Å². The number of benzene rings is 1. The van der Waals surface area contributed by atoms with Crippen LogP contribution in [-0.4, -0.2) is 19.2 Å². The van der Waals surface area contributed by atoms with E-state index in [-0.39, 0.29) is 12.0 Å². The van der Waals surface area contributed by atoms with E-state index in [1.807, 2.05) is 0 Å². The molecule has 0 saturated heterocycles. The van der Waals surface area contributed by atoms with Crippen LogP contribution in [0.4, 0.5) is 10.1 Å². The fourth-order valence-electron chi connectivity index (χ4n) is 0.922. The fraction of sp³-hybridized carbons (Fsp3) is 0.111. The highest BCUT2D eigenvalue weighted by atomic mass is 19.1. The molecule has 0 aliphatic heterocycles. The topological polar surface area (TPSA) is 37.4 Å². The number of rotatable bonds is 2. The van der Waals surface area contributed by atoms with Gasteiger partial charge < -0.3 is 4.90 Å². The van der Waals surface area contributed by atoms with Crippen LogP contribution in [0, 0.1) is 5.82 Å². The van der Waals surface area contributed by atoms with Gasteiger partial charge in [-0.25, -0.2) is 4.39 Å². The average Bonchev–Trinajstić information content (AvgIpc) is 2.16. The van der Waals surface area contributed by atoms with Crippen molar-refractivity contribution in [1.29, 1.82) is 0 Å². The third-order valence-corrected chi connectivity index (χ3v) is 1.65. The smallest absolute Gasteiger partial charge is 0.290 e. The summed E-state index contributed by atoms with van der Waals surface area (Å²) >= 11 is 0. The molecule has 0 heterocycles. The first-order chi connectivity index (χ1) is 6.16. The fourth-order valence-corrected chi connectivity index (χ4v) is 0.922. The average molecular weight is 181 g/mol. The summed E-state index contributed by atoms with van der Waals surface area (Å²) in [5.74, 6) is -1.30. The summed E-state index contributed by atoms with van der Waals surface area (Å²) in [6.45, 7) is 0. The number of amides is 1. The lowest BCUT2D eigenvalue weighted by molar-refractivity contribution is -0.129. The first kappa shape index (κ1) is 9.38. The van der Waals surface area contributed by atoms with Crippen molar-refractivity contribution < 1.29 is 14.0 Å². The van der Waals surface area contributed by atoms with Gasteiger partial charge in [-0.2, -0.15) is 0 Å². The summed E-state index contributed by atoms with van der Waals surface area (Å²) in [5.41, 5.74) is 0.0969. The summed E-state index contributed by atoms with van der Waals surface area (Å²) in [4.78, 5) is 21.9. The Hall–Kier alpha value is -1.71. The summed E-state index contributed by atoms with van der Waals surface area (Å²) < 4.78 is 13.0. The van der Waals surface area contributed by atoms with Gasteiger partial charge in [0.1, 0.15) is 5.82 Å². The maximum atomic E-state index is 13.0. The van der Waals surface area contributed by atoms with E-state index in [0.717, 1.165) is 4.90 Å². The van der Waals surface area contributed by atoms with Crippen LogP contribution in [0.25, 0.3) is 0 Å². The van der Waals surface area contributed by atoms with Gasteiger partial charge in [-0.3, -0.25) is 9.59 Å². The van der Waals surface area contributed by atoms with Gasteiger partial charge in [0.15, 0.2) is 0 Å². The molecule has 1 aromatic rings. The van der Waals surface area contributed by atoms with Crippen LogP contribution in [0.1, 0.15) is 0 Å². The number of nitrogens with zero attached hydrogens (tertiary/aromatic N) is 1. The Kier molecular flexibility index (Phi) is 2.74. The van der Waals surface area contributed by atoms with Crippen LogP contribution < -0.4 is 4.90 Å². The predicted octanol–water partition coefficient (Wildman–Crippen LogP) is 0.987. The first-order valence-electron chi connectivity index (χ1n) is 3.64. The van der Waals surface area contributed by atoms with E-state index < -0.39 is 11.7 Å². The zero-order valence-corrected chi connectivity index (χ0v) is 7.03. The van der Waals surface area contributed by atoms with Crippen LogP contribution in [0.2, 0.25) is 0 Å². The molecule has 0 radical (unpaired) electrons. The zero-order valence-electron chi connectivity index (χ0n) is 7.03. The lowest BCUT2D eigenvalue weighted by atomic mass is 10.3. The van der Waals surface area contributed by atoms with E-state index in [1.165, 1.54) is 25.2 Å². The van der Waals surface area contributed by atoms with Crippen molar-refractivity contribution in [1.82, 2.24) is 0 Å². The molecule has 0 unspecified atom stereocenters. The van der Waals surface area contributed by atoms with E-state index in [0.29, 0.717) is 0 Å². The summed E-state index contributed by atoms with van der Waals surface area (Å²) in [6, 6.07) is 5.76. The van der Waals surface area contributed by atoms with Gasteiger partial charge in [0, 0.05) is 7.05 Å². The standard InChI is InChI=1S/C9H8FNO2/c1-11(9(13)6-12)8-5-3-2-4-7(8)10/h2-6H,1H3. The molecule has 0 fully saturated rings. The highest BCUT2D eigenvalue weighted by Gasteiger charge is 2.12. The molecule has 1 amide bonds.